The van der Waals surface area contributed by atoms with Crippen LogP contribution in [-0.4, -0.2) is 69.4 Å². The van der Waals surface area contributed by atoms with Gasteiger partial charge in [0.1, 0.15) is 19.3 Å². The number of nitrogens with zero attached hydrogens (tertiary/aromatic N) is 1. The molecule has 3 atom stereocenters. The Hall–Kier alpha value is -4.11. The highest BCUT2D eigenvalue weighted by atomic mass is 31.2. The highest BCUT2D eigenvalue weighted by molar-refractivity contribution is 7.45. The molecule has 9 nitrogen and oxygen atoms in total. The number of quaternary nitrogens is 1. The molecule has 0 aromatic rings. The van der Waals surface area contributed by atoms with Crippen LogP contribution in [0.1, 0.15) is 303 Å². The fraction of sp³-hybridized carbons (Fsp3) is 0.679. The van der Waals surface area contributed by atoms with Crippen LogP contribution in [-0.2, 0) is 27.9 Å². The third-order valence-electron chi connectivity index (χ3n) is 15.8. The van der Waals surface area contributed by atoms with E-state index >= 15 is 0 Å². The van der Waals surface area contributed by atoms with E-state index in [9.17, 15) is 19.0 Å². The van der Waals surface area contributed by atoms with Crippen molar-refractivity contribution in [2.75, 3.05) is 40.9 Å². The van der Waals surface area contributed by atoms with E-state index in [1.807, 2.05) is 33.3 Å². The molecule has 0 fully saturated rings. The van der Waals surface area contributed by atoms with Crippen molar-refractivity contribution in [3.05, 3.63) is 146 Å². The zero-order chi connectivity index (χ0) is 66.3. The van der Waals surface area contributed by atoms with Gasteiger partial charge in [0.15, 0.2) is 0 Å². The van der Waals surface area contributed by atoms with Gasteiger partial charge in [-0.15, -0.1) is 0 Å². The molecule has 0 radical (unpaired) electrons. The summed E-state index contributed by atoms with van der Waals surface area (Å²) in [5.41, 5.74) is 0. The third kappa shape index (κ3) is 70.1. The topological polar surface area (TPSA) is 114 Å². The lowest BCUT2D eigenvalue weighted by atomic mass is 10.0. The summed E-state index contributed by atoms with van der Waals surface area (Å²) < 4.78 is 30.5. The van der Waals surface area contributed by atoms with Crippen molar-refractivity contribution >= 4 is 19.7 Å². The zero-order valence-electron chi connectivity index (χ0n) is 59.5. The van der Waals surface area contributed by atoms with Crippen molar-refractivity contribution in [2.45, 2.75) is 315 Å². The van der Waals surface area contributed by atoms with Gasteiger partial charge in [-0.05, 0) is 128 Å². The molecule has 0 aliphatic heterocycles. The number of rotatable bonds is 66. The number of nitrogens with one attached hydrogen (secondary N) is 1. The Balaban J connectivity index is 5.11. The average molecular weight is 1280 g/mol. The Bertz CT molecular complexity index is 2070. The Morgan fingerprint density at radius 1 is 0.396 bits per heavy atom. The molecule has 0 spiro atoms. The Morgan fingerprint density at radius 2 is 0.703 bits per heavy atom. The number of phosphoric ester groups is 1. The third-order valence-corrected chi connectivity index (χ3v) is 16.7. The zero-order valence-corrected chi connectivity index (χ0v) is 60.4. The van der Waals surface area contributed by atoms with Crippen molar-refractivity contribution in [3.63, 3.8) is 0 Å². The number of allylic oxidation sites excluding steroid dienone is 23. The summed E-state index contributed by atoms with van der Waals surface area (Å²) in [7, 11) is 1.16. The van der Waals surface area contributed by atoms with E-state index < -0.39 is 26.6 Å². The van der Waals surface area contributed by atoms with E-state index in [1.54, 1.807) is 0 Å². The van der Waals surface area contributed by atoms with Crippen molar-refractivity contribution in [1.82, 2.24) is 5.32 Å². The number of carbonyl (C=O) groups excluding carboxylic acids is 2. The van der Waals surface area contributed by atoms with Gasteiger partial charge < -0.3 is 28.5 Å². The van der Waals surface area contributed by atoms with Gasteiger partial charge in [-0.1, -0.05) is 308 Å². The fourth-order valence-corrected chi connectivity index (χ4v) is 10.9. The van der Waals surface area contributed by atoms with E-state index in [2.05, 4.69) is 160 Å². The lowest BCUT2D eigenvalue weighted by molar-refractivity contribution is -0.870. The monoisotopic (exact) mass is 1280 g/mol. The predicted octanol–water partition coefficient (Wildman–Crippen LogP) is 23.5. The normalized spacial score (nSPS) is 14.3. The largest absolute Gasteiger partial charge is 0.756 e. The van der Waals surface area contributed by atoms with Gasteiger partial charge in [0.25, 0.3) is 7.82 Å². The van der Waals surface area contributed by atoms with Gasteiger partial charge in [-0.25, -0.2) is 0 Å². The maximum Gasteiger partial charge on any atom is 0.306 e. The van der Waals surface area contributed by atoms with Gasteiger partial charge in [0.05, 0.1) is 33.8 Å². The summed E-state index contributed by atoms with van der Waals surface area (Å²) in [5.74, 6) is -0.561. The number of likely N-dealkylation sites (N-methyl/N-ethyl adjacent to an activating group) is 1. The average Bonchev–Trinajstić information content (AvgIpc) is 3.73. The van der Waals surface area contributed by atoms with Crippen LogP contribution in [0.3, 0.4) is 0 Å². The van der Waals surface area contributed by atoms with Crippen molar-refractivity contribution in [2.24, 2.45) is 0 Å². The minimum absolute atomic E-state index is 0.0323. The van der Waals surface area contributed by atoms with Crippen molar-refractivity contribution in [1.29, 1.82) is 0 Å². The molecule has 1 N–H and O–H groups in total. The fourth-order valence-electron chi connectivity index (χ4n) is 10.1. The molecule has 0 rings (SSSR count). The molecular formula is C81H139N2O7P. The Morgan fingerprint density at radius 3 is 1.05 bits per heavy atom. The van der Waals surface area contributed by atoms with E-state index in [0.29, 0.717) is 23.9 Å². The van der Waals surface area contributed by atoms with Crippen LogP contribution in [0.25, 0.3) is 0 Å². The first-order chi connectivity index (χ1) is 44.4. The number of hydrogen-bond acceptors (Lipinski definition) is 7. The number of unbranched alkanes of at least 4 members (excludes halogenated alkanes) is 28. The Kier molecular flexibility index (Phi) is 65.6. The number of carbonyl (C=O) groups is 2. The van der Waals surface area contributed by atoms with E-state index in [0.717, 1.165) is 148 Å². The van der Waals surface area contributed by atoms with Crippen LogP contribution in [0, 0.1) is 0 Å². The predicted molar refractivity (Wildman–Crippen MR) is 394 cm³/mol. The van der Waals surface area contributed by atoms with Crippen LogP contribution < -0.4 is 10.2 Å². The van der Waals surface area contributed by atoms with Gasteiger partial charge >= 0.3 is 5.97 Å². The minimum atomic E-state index is -4.72. The Labute approximate surface area is 561 Å². The van der Waals surface area contributed by atoms with Crippen molar-refractivity contribution < 1.29 is 37.3 Å². The molecule has 520 valence electrons. The second kappa shape index (κ2) is 68.7. The molecule has 0 saturated heterocycles. The lowest BCUT2D eigenvalue weighted by Gasteiger charge is -2.30. The summed E-state index contributed by atoms with van der Waals surface area (Å²) in [4.78, 5) is 40.3. The van der Waals surface area contributed by atoms with Crippen LogP contribution in [0.5, 0.6) is 0 Å². The molecule has 1 amide bonds. The van der Waals surface area contributed by atoms with E-state index in [-0.39, 0.29) is 24.9 Å². The molecule has 0 saturated carbocycles. The molecule has 10 heteroatoms. The second-order valence-corrected chi connectivity index (χ2v) is 27.1. The van der Waals surface area contributed by atoms with E-state index in [4.69, 9.17) is 13.8 Å². The number of hydrogen-bond donors (Lipinski definition) is 1. The smallest absolute Gasteiger partial charge is 0.306 e. The summed E-state index contributed by atoms with van der Waals surface area (Å²) >= 11 is 0. The van der Waals surface area contributed by atoms with Crippen molar-refractivity contribution in [3.8, 4) is 0 Å². The minimum Gasteiger partial charge on any atom is -0.756 e. The highest BCUT2D eigenvalue weighted by Crippen LogP contribution is 2.38. The summed E-state index contributed by atoms with van der Waals surface area (Å²) in [5, 5.41) is 3.04. The first-order valence-corrected chi connectivity index (χ1v) is 38.6. The number of esters is 1. The second-order valence-electron chi connectivity index (χ2n) is 25.7. The number of ether oxygens (including phenoxy) is 1. The van der Waals surface area contributed by atoms with Gasteiger partial charge in [0, 0.05) is 12.8 Å². The van der Waals surface area contributed by atoms with Crippen LogP contribution in [0.15, 0.2) is 146 Å². The molecule has 0 heterocycles. The highest BCUT2D eigenvalue weighted by Gasteiger charge is 2.27. The number of phosphoric acid groups is 1. The summed E-state index contributed by atoms with van der Waals surface area (Å²) in [6.45, 7) is 6.62. The molecule has 91 heavy (non-hydrogen) atoms. The molecule has 0 aromatic carbocycles. The van der Waals surface area contributed by atoms with Gasteiger partial charge in [-0.3, -0.25) is 14.2 Å². The maximum atomic E-state index is 13.6. The molecule has 3 unspecified atom stereocenters. The quantitative estimate of drug-likeness (QED) is 0.0212. The number of amides is 1. The van der Waals surface area contributed by atoms with Crippen LogP contribution in [0.2, 0.25) is 0 Å². The summed E-state index contributed by atoms with van der Waals surface area (Å²) in [6, 6.07) is -0.908. The molecule has 0 aromatic heterocycles. The molecule has 0 bridgehead atoms. The summed E-state index contributed by atoms with van der Waals surface area (Å²) in [6.07, 6.45) is 99.7. The van der Waals surface area contributed by atoms with E-state index in [1.165, 1.54) is 116 Å². The lowest BCUT2D eigenvalue weighted by Crippen LogP contribution is -2.47. The SMILES string of the molecule is CC/C=C\C/C=C\C/C=C\C/C=C\C/C=C\C/C=C\CCCCCCCCCCC(=O)OC(/C=C/CCCCCCCCCCCCC)C(COP(=O)([O-])OCC[N+](C)(C)C)NC(=O)CCCCCCCCCCC/C=C\C/C=C\C/C=C\C/C=C\C/C=C\CC. The maximum absolute atomic E-state index is 13.6. The molecule has 0 aliphatic rings. The molecular weight excluding hydrogens is 1140 g/mol. The molecule has 0 aliphatic carbocycles. The first-order valence-electron chi connectivity index (χ1n) is 37.1. The van der Waals surface area contributed by atoms with Crippen LogP contribution in [0.4, 0.5) is 0 Å². The first kappa shape index (κ1) is 86.9. The van der Waals surface area contributed by atoms with Gasteiger partial charge in [-0.2, -0.15) is 0 Å². The van der Waals surface area contributed by atoms with Crippen LogP contribution >= 0.6 is 7.82 Å². The van der Waals surface area contributed by atoms with Gasteiger partial charge in [0.2, 0.25) is 5.91 Å². The standard InChI is InChI=1S/C81H139N2O7P/c1-7-10-13-16-19-22-25-28-30-32-34-36-38-40-41-43-45-47-49-51-53-56-59-62-65-68-71-74-81(85)90-79(72-69-66-63-60-57-54-27-24-21-18-15-12-9-3)78(77-89-91(86,87)88-76-75-83(4,5)6)82-80(84)73-70-67-64-61-58-55-52-50-48-46-44-42-39-37-35-33-31-29-26-23-20-17-14-11-8-2/h10-11,13-14,19-20,22-23,28-31,34-37,40-42,44-45,47,69,72,78-79H,7-9,12,15-18,21,24-27,32-33,38-39,43,46,48-68,70-71,73-77H2,1-6H3,(H-,82,84,86,87)/b13-10-,14-11-,22-19-,23-20-,30-28-,31-29-,36-34-,37-35-,41-40-,44-42-,47-45-,72-69+.